The Morgan fingerprint density at radius 1 is 0.471 bits per heavy atom. The van der Waals surface area contributed by atoms with E-state index < -0.39 is 5.97 Å². The normalized spacial score (nSPS) is 10.4. The van der Waals surface area contributed by atoms with E-state index >= 15 is 0 Å². The zero-order chi connectivity index (χ0) is 24.7. The van der Waals surface area contributed by atoms with Crippen LogP contribution in [0.15, 0.2) is 0 Å². The first kappa shape index (κ1) is 39.0. The van der Waals surface area contributed by atoms with Crippen LogP contribution >= 0.6 is 0 Å². The monoisotopic (exact) mass is 492 g/mol. The van der Waals surface area contributed by atoms with Crippen LogP contribution in [-0.4, -0.2) is 17.7 Å². The average Bonchev–Trinajstić information content (AvgIpc) is 2.81. The molecule has 0 amide bonds. The van der Waals surface area contributed by atoms with Crippen LogP contribution in [0.1, 0.15) is 181 Å². The molecular weight excluding hydrogens is 431 g/mol. The summed E-state index contributed by atoms with van der Waals surface area (Å²) in [5, 5.41) is 18.8. The van der Waals surface area contributed by atoms with Crippen molar-refractivity contribution >= 4 is 5.97 Å². The second-order valence-corrected chi connectivity index (χ2v) is 9.98. The summed E-state index contributed by atoms with van der Waals surface area (Å²) < 4.78 is 0. The molecule has 0 spiro atoms. The summed E-state index contributed by atoms with van der Waals surface area (Å²) in [4.78, 5) is 10.2. The molecule has 34 heavy (non-hydrogen) atoms. The molecule has 0 saturated heterocycles. The number of hydrogen-bond donors (Lipinski definition) is 1. The summed E-state index contributed by atoms with van der Waals surface area (Å²) >= 11 is 0. The van der Waals surface area contributed by atoms with Gasteiger partial charge in [-0.25, -0.2) is 0 Å². The summed E-state index contributed by atoms with van der Waals surface area (Å²) in [7, 11) is 0. The van der Waals surface area contributed by atoms with Gasteiger partial charge in [-0.05, 0) is 19.3 Å². The SMILES string of the molecule is CCCCCCCCCCCCCCCCCC(=O)[O-].CCCCCCCCCCCCO.[Na+]. The van der Waals surface area contributed by atoms with Gasteiger partial charge in [0.2, 0.25) is 0 Å². The molecule has 0 atom stereocenters. The van der Waals surface area contributed by atoms with E-state index in [0.29, 0.717) is 6.61 Å². The third kappa shape index (κ3) is 42.6. The summed E-state index contributed by atoms with van der Waals surface area (Å²) in [6, 6.07) is 0. The zero-order valence-electron chi connectivity index (χ0n) is 23.9. The minimum Gasteiger partial charge on any atom is -0.550 e. The van der Waals surface area contributed by atoms with Crippen LogP contribution in [0, 0.1) is 0 Å². The molecule has 0 aliphatic heterocycles. The third-order valence-electron chi connectivity index (χ3n) is 6.50. The van der Waals surface area contributed by atoms with Crippen molar-refractivity contribution in [1.29, 1.82) is 0 Å². The maximum atomic E-state index is 10.2. The standard InChI is InChI=1S/C18H36O2.C12H26O.Na/c1-2-3-4-5-6-7-8-9-10-11-12-13-14-15-16-17-18(19)20;1-2-3-4-5-6-7-8-9-10-11-12-13;/h2-17H2,1H3,(H,19,20);13H,2-12H2,1H3;/q;;+1/p-1. The van der Waals surface area contributed by atoms with Crippen LogP contribution < -0.4 is 34.7 Å². The number of hydrogen-bond acceptors (Lipinski definition) is 3. The van der Waals surface area contributed by atoms with Crippen molar-refractivity contribution in [3.63, 3.8) is 0 Å². The summed E-state index contributed by atoms with van der Waals surface area (Å²) in [5.74, 6) is -0.903. The van der Waals surface area contributed by atoms with Crippen LogP contribution in [0.4, 0.5) is 0 Å². The Bertz CT molecular complexity index is 340. The molecule has 0 aliphatic carbocycles. The molecular formula is C30H61NaO3. The molecule has 200 valence electrons. The Balaban J connectivity index is -0.000000598. The number of unbranched alkanes of at least 4 members (excludes halogenated alkanes) is 23. The second-order valence-electron chi connectivity index (χ2n) is 9.98. The van der Waals surface area contributed by atoms with Gasteiger partial charge in [0.05, 0.1) is 0 Å². The van der Waals surface area contributed by atoms with Gasteiger partial charge in [-0.2, -0.15) is 0 Å². The quantitative estimate of drug-likeness (QED) is 0.121. The number of aliphatic carboxylic acids is 1. The van der Waals surface area contributed by atoms with Gasteiger partial charge in [-0.1, -0.05) is 162 Å². The van der Waals surface area contributed by atoms with Crippen molar-refractivity contribution < 1.29 is 44.6 Å². The van der Waals surface area contributed by atoms with Gasteiger partial charge < -0.3 is 15.0 Å². The number of carboxylic acids is 1. The van der Waals surface area contributed by atoms with E-state index in [4.69, 9.17) is 5.11 Å². The predicted molar refractivity (Wildman–Crippen MR) is 143 cm³/mol. The van der Waals surface area contributed by atoms with E-state index in [1.54, 1.807) is 0 Å². The van der Waals surface area contributed by atoms with E-state index in [2.05, 4.69) is 13.8 Å². The van der Waals surface area contributed by atoms with Crippen molar-refractivity contribution in [2.24, 2.45) is 0 Å². The Hall–Kier alpha value is 0.430. The van der Waals surface area contributed by atoms with Gasteiger partial charge in [-0.3, -0.25) is 0 Å². The molecule has 0 bridgehead atoms. The van der Waals surface area contributed by atoms with Crippen molar-refractivity contribution in [3.05, 3.63) is 0 Å². The van der Waals surface area contributed by atoms with Gasteiger partial charge in [0.1, 0.15) is 0 Å². The molecule has 0 saturated carbocycles. The maximum absolute atomic E-state index is 10.2. The van der Waals surface area contributed by atoms with Gasteiger partial charge in [0.25, 0.3) is 0 Å². The predicted octanol–water partition coefficient (Wildman–Crippen LogP) is 5.90. The molecule has 0 aromatic carbocycles. The Kier molecular flexibility index (Phi) is 43.5. The smallest absolute Gasteiger partial charge is 0.550 e. The number of carbonyl (C=O) groups excluding carboxylic acids is 1. The first-order valence-corrected chi connectivity index (χ1v) is 15.0. The fourth-order valence-corrected chi connectivity index (χ4v) is 4.24. The van der Waals surface area contributed by atoms with Gasteiger partial charge in [-0.15, -0.1) is 0 Å². The van der Waals surface area contributed by atoms with Crippen molar-refractivity contribution in [1.82, 2.24) is 0 Å². The Morgan fingerprint density at radius 2 is 0.706 bits per heavy atom. The Labute approximate surface area is 236 Å². The molecule has 0 heterocycles. The number of carboxylic acid groups (broad SMARTS) is 1. The largest absolute Gasteiger partial charge is 1.00 e. The molecule has 0 radical (unpaired) electrons. The first-order valence-electron chi connectivity index (χ1n) is 15.0. The van der Waals surface area contributed by atoms with E-state index in [1.165, 1.54) is 141 Å². The molecule has 0 fully saturated rings. The average molecular weight is 493 g/mol. The zero-order valence-corrected chi connectivity index (χ0v) is 25.9. The summed E-state index contributed by atoms with van der Waals surface area (Å²) in [5.41, 5.74) is 0. The molecule has 0 unspecified atom stereocenters. The second kappa shape index (κ2) is 38.0. The summed E-state index contributed by atoms with van der Waals surface area (Å²) in [6.45, 7) is 4.90. The first-order chi connectivity index (χ1) is 16.2. The molecule has 0 rings (SSSR count). The Morgan fingerprint density at radius 3 is 0.941 bits per heavy atom. The third-order valence-corrected chi connectivity index (χ3v) is 6.50. The van der Waals surface area contributed by atoms with Crippen molar-refractivity contribution in [2.45, 2.75) is 181 Å². The van der Waals surface area contributed by atoms with Crippen LogP contribution in [0.5, 0.6) is 0 Å². The molecule has 3 nitrogen and oxygen atoms in total. The number of rotatable bonds is 26. The topological polar surface area (TPSA) is 60.4 Å². The maximum Gasteiger partial charge on any atom is 1.00 e. The van der Waals surface area contributed by atoms with Crippen molar-refractivity contribution in [2.75, 3.05) is 6.61 Å². The van der Waals surface area contributed by atoms with Gasteiger partial charge in [0.15, 0.2) is 0 Å². The van der Waals surface area contributed by atoms with E-state index in [1.807, 2.05) is 0 Å². The van der Waals surface area contributed by atoms with Gasteiger partial charge >= 0.3 is 29.6 Å². The van der Waals surface area contributed by atoms with E-state index in [9.17, 15) is 9.90 Å². The minimum absolute atomic E-state index is 0. The summed E-state index contributed by atoms with van der Waals surface area (Å²) in [6.07, 6.45) is 33.2. The number of carbonyl (C=O) groups is 1. The van der Waals surface area contributed by atoms with Crippen LogP contribution in [-0.2, 0) is 4.79 Å². The van der Waals surface area contributed by atoms with Gasteiger partial charge in [0, 0.05) is 12.6 Å². The van der Waals surface area contributed by atoms with Crippen LogP contribution in [0.25, 0.3) is 0 Å². The fraction of sp³-hybridized carbons (Fsp3) is 0.967. The number of aliphatic hydroxyl groups is 1. The molecule has 0 aromatic heterocycles. The fourth-order valence-electron chi connectivity index (χ4n) is 4.24. The minimum atomic E-state index is -0.903. The van der Waals surface area contributed by atoms with Crippen LogP contribution in [0.2, 0.25) is 0 Å². The molecule has 0 aliphatic rings. The van der Waals surface area contributed by atoms with E-state index in [-0.39, 0.29) is 36.0 Å². The van der Waals surface area contributed by atoms with Crippen LogP contribution in [0.3, 0.4) is 0 Å². The molecule has 0 aromatic rings. The van der Waals surface area contributed by atoms with E-state index in [0.717, 1.165) is 19.3 Å². The number of aliphatic hydroxyl groups excluding tert-OH is 1. The van der Waals surface area contributed by atoms with Crippen molar-refractivity contribution in [3.8, 4) is 0 Å². The molecule has 4 heteroatoms. The molecule has 1 N–H and O–H groups in total.